The molecule has 0 aliphatic rings. The van der Waals surface area contributed by atoms with Gasteiger partial charge in [0.1, 0.15) is 0 Å². The van der Waals surface area contributed by atoms with Crippen molar-refractivity contribution in [2.45, 2.75) is 31.0 Å². The Labute approximate surface area is 102 Å². The van der Waals surface area contributed by atoms with E-state index in [4.69, 9.17) is 23.2 Å². The third-order valence-corrected chi connectivity index (χ3v) is 1.77. The molecule has 0 N–H and O–H groups in total. The lowest BCUT2D eigenvalue weighted by Gasteiger charge is -1.93. The van der Waals surface area contributed by atoms with Crippen molar-refractivity contribution in [1.82, 2.24) is 0 Å². The highest BCUT2D eigenvalue weighted by Gasteiger charge is 2.00. The van der Waals surface area contributed by atoms with E-state index in [0.717, 1.165) is 0 Å². The number of esters is 1. The van der Waals surface area contributed by atoms with Gasteiger partial charge in [-0.05, 0) is 24.9 Å². The largest absolute Gasteiger partial charge is 0.466 e. The van der Waals surface area contributed by atoms with E-state index >= 15 is 0 Å². The van der Waals surface area contributed by atoms with Crippen LogP contribution < -0.4 is 0 Å². The number of ether oxygens (including phenoxy) is 1. The van der Waals surface area contributed by atoms with E-state index in [0.29, 0.717) is 19.4 Å². The molecule has 6 heteroatoms. The maximum Gasteiger partial charge on any atom is 0.302 e. The zero-order valence-electron chi connectivity index (χ0n) is 8.06. The Hall–Kier alpha value is 0.200. The summed E-state index contributed by atoms with van der Waals surface area (Å²) in [5.74, 6) is -0.211. The zero-order chi connectivity index (χ0) is 11.6. The molecule has 0 spiro atoms. The first-order chi connectivity index (χ1) is 6.40. The van der Waals surface area contributed by atoms with Gasteiger partial charge >= 0.3 is 5.97 Å². The molecule has 1 atom stereocenters. The molecule has 0 aromatic rings. The van der Waals surface area contributed by atoms with Gasteiger partial charge in [0, 0.05) is 13.3 Å². The summed E-state index contributed by atoms with van der Waals surface area (Å²) in [4.78, 5) is 19.9. The van der Waals surface area contributed by atoms with Crippen LogP contribution in [0, 0.1) is 0 Å². The molecule has 3 nitrogen and oxygen atoms in total. The highest BCUT2D eigenvalue weighted by Crippen LogP contribution is 2.12. The van der Waals surface area contributed by atoms with Crippen molar-refractivity contribution in [2.75, 3.05) is 6.61 Å². The third kappa shape index (κ3) is 22.8. The molecule has 0 aromatic carbocycles. The number of halogens is 3. The molecular weight excluding hydrogens is 295 g/mol. The minimum Gasteiger partial charge on any atom is -0.466 e. The highest BCUT2D eigenvalue weighted by molar-refractivity contribution is 9.10. The Balaban J connectivity index is 0. The smallest absolute Gasteiger partial charge is 0.302 e. The monoisotopic (exact) mass is 306 g/mol. The van der Waals surface area contributed by atoms with Gasteiger partial charge in [-0.1, -0.05) is 15.9 Å². The number of carbonyl (C=O) groups excluding carboxylic acids is 2. The van der Waals surface area contributed by atoms with Crippen molar-refractivity contribution >= 4 is 50.3 Å². The summed E-state index contributed by atoms with van der Waals surface area (Å²) in [5.41, 5.74) is 0. The van der Waals surface area contributed by atoms with Gasteiger partial charge in [0.15, 0.2) is 0 Å². The lowest BCUT2D eigenvalue weighted by atomic mass is 10.4. The van der Waals surface area contributed by atoms with Crippen molar-refractivity contribution in [3.63, 3.8) is 0 Å². The molecule has 0 heterocycles. The van der Waals surface area contributed by atoms with Crippen molar-refractivity contribution in [2.24, 2.45) is 0 Å². The van der Waals surface area contributed by atoms with E-state index in [1.165, 1.54) is 6.92 Å². The molecule has 0 aliphatic carbocycles. The molecule has 0 fully saturated rings. The van der Waals surface area contributed by atoms with Gasteiger partial charge in [0.05, 0.1) is 10.9 Å². The lowest BCUT2D eigenvalue weighted by Crippen LogP contribution is -1.95. The molecule has 0 rings (SSSR count). The van der Waals surface area contributed by atoms with Gasteiger partial charge < -0.3 is 4.74 Å². The third-order valence-electron chi connectivity index (χ3n) is 0.907. The van der Waals surface area contributed by atoms with Gasteiger partial charge in [-0.3, -0.25) is 9.59 Å². The average molecular weight is 308 g/mol. The van der Waals surface area contributed by atoms with Crippen LogP contribution in [0.1, 0.15) is 26.7 Å². The fraction of sp³-hybridized carbons (Fsp3) is 0.750. The van der Waals surface area contributed by atoms with Crippen LogP contribution in [-0.2, 0) is 14.3 Å². The van der Waals surface area contributed by atoms with Crippen molar-refractivity contribution < 1.29 is 14.3 Å². The molecule has 0 aromatic heterocycles. The summed E-state index contributed by atoms with van der Waals surface area (Å²) in [5, 5.41) is -0.338. The van der Waals surface area contributed by atoms with Crippen LogP contribution >= 0.6 is 39.1 Å². The molecule has 0 saturated heterocycles. The van der Waals surface area contributed by atoms with Crippen LogP contribution in [0.2, 0.25) is 0 Å². The van der Waals surface area contributed by atoms with E-state index in [-0.39, 0.29) is 15.5 Å². The topological polar surface area (TPSA) is 43.4 Å². The summed E-state index contributed by atoms with van der Waals surface area (Å²) in [6, 6.07) is 0. The predicted octanol–water partition coefficient (Wildman–Crippen LogP) is 3.06. The van der Waals surface area contributed by atoms with Crippen LogP contribution in [0.3, 0.4) is 0 Å². The minimum atomic E-state index is -0.338. The maximum absolute atomic E-state index is 10.0. The summed E-state index contributed by atoms with van der Waals surface area (Å²) in [6.07, 6.45) is 0.921. The van der Waals surface area contributed by atoms with Gasteiger partial charge in [-0.25, -0.2) is 0 Å². The predicted molar refractivity (Wildman–Crippen MR) is 61.0 cm³/mol. The second kappa shape index (κ2) is 11.3. The molecule has 0 saturated carbocycles. The Bertz CT molecular complexity index is 174. The maximum atomic E-state index is 10.0. The van der Waals surface area contributed by atoms with Crippen LogP contribution in [0.25, 0.3) is 0 Å². The highest BCUT2D eigenvalue weighted by atomic mass is 79.9. The summed E-state index contributed by atoms with van der Waals surface area (Å²) in [7, 11) is 0. The molecule has 0 radical (unpaired) electrons. The second-order valence-corrected chi connectivity index (χ2v) is 4.79. The SMILES string of the molecule is CCOC(C)=O.O=C(Cl)CCC(Cl)Br. The van der Waals surface area contributed by atoms with E-state index in [2.05, 4.69) is 20.7 Å². The van der Waals surface area contributed by atoms with E-state index < -0.39 is 0 Å². The van der Waals surface area contributed by atoms with Crippen LogP contribution in [-0.4, -0.2) is 22.1 Å². The van der Waals surface area contributed by atoms with Crippen molar-refractivity contribution in [1.29, 1.82) is 0 Å². The Kier molecular flexibility index (Phi) is 13.4. The summed E-state index contributed by atoms with van der Waals surface area (Å²) < 4.78 is 4.27. The fourth-order valence-electron chi connectivity index (χ4n) is 0.426. The average Bonchev–Trinajstić information content (AvgIpc) is 2.01. The molecule has 84 valence electrons. The van der Waals surface area contributed by atoms with Gasteiger partial charge in [-0.2, -0.15) is 0 Å². The normalized spacial score (nSPS) is 10.9. The summed E-state index contributed by atoms with van der Waals surface area (Å²) in [6.45, 7) is 3.65. The molecule has 0 aliphatic heterocycles. The quantitative estimate of drug-likeness (QED) is 0.455. The first kappa shape index (κ1) is 16.6. The molecule has 1 unspecified atom stereocenters. The van der Waals surface area contributed by atoms with Gasteiger partial charge in [0.25, 0.3) is 0 Å². The molecule has 0 bridgehead atoms. The fourth-order valence-corrected chi connectivity index (χ4v) is 0.873. The van der Waals surface area contributed by atoms with Gasteiger partial charge in [-0.15, -0.1) is 11.6 Å². The minimum absolute atomic E-state index is 0.134. The van der Waals surface area contributed by atoms with Crippen LogP contribution in [0.15, 0.2) is 0 Å². The first-order valence-corrected chi connectivity index (χ1v) is 5.73. The second-order valence-electron chi connectivity index (χ2n) is 2.21. The molecule has 0 amide bonds. The zero-order valence-corrected chi connectivity index (χ0v) is 11.2. The number of rotatable bonds is 4. The van der Waals surface area contributed by atoms with Gasteiger partial charge in [0.2, 0.25) is 5.24 Å². The molecule has 14 heavy (non-hydrogen) atoms. The Morgan fingerprint density at radius 2 is 2.00 bits per heavy atom. The summed E-state index contributed by atoms with van der Waals surface area (Å²) >= 11 is 13.5. The van der Waals surface area contributed by atoms with Crippen molar-refractivity contribution in [3.8, 4) is 0 Å². The van der Waals surface area contributed by atoms with E-state index in [9.17, 15) is 9.59 Å². The molecular formula is C8H13BrCl2O3. The van der Waals surface area contributed by atoms with Crippen molar-refractivity contribution in [3.05, 3.63) is 0 Å². The number of carbonyl (C=O) groups is 2. The number of hydrogen-bond acceptors (Lipinski definition) is 3. The Morgan fingerprint density at radius 3 is 2.07 bits per heavy atom. The number of hydrogen-bond donors (Lipinski definition) is 0. The first-order valence-electron chi connectivity index (χ1n) is 4.00. The van der Waals surface area contributed by atoms with E-state index in [1.807, 2.05) is 0 Å². The lowest BCUT2D eigenvalue weighted by molar-refractivity contribution is -0.140. The Morgan fingerprint density at radius 1 is 1.50 bits per heavy atom. The van der Waals surface area contributed by atoms with Crippen LogP contribution in [0.5, 0.6) is 0 Å². The van der Waals surface area contributed by atoms with E-state index in [1.54, 1.807) is 6.92 Å². The van der Waals surface area contributed by atoms with Crippen LogP contribution in [0.4, 0.5) is 0 Å². The number of alkyl halides is 2. The standard InChI is InChI=1S/C4H5BrCl2O.C4H8O2/c5-3(6)1-2-4(7)8;1-3-6-4(2)5/h3H,1-2H2;3H2,1-2H3.